The first-order chi connectivity index (χ1) is 5.43. The van der Waals surface area contributed by atoms with Crippen LogP contribution in [0.1, 0.15) is 0 Å². The van der Waals surface area contributed by atoms with E-state index in [-0.39, 0.29) is 57.1 Å². The summed E-state index contributed by atoms with van der Waals surface area (Å²) in [6.07, 6.45) is 0. The van der Waals surface area contributed by atoms with Crippen molar-refractivity contribution in [1.82, 2.24) is 0 Å². The second kappa shape index (κ2) is 4.74. The van der Waals surface area contributed by atoms with Crippen molar-refractivity contribution < 1.29 is 69.5 Å². The summed E-state index contributed by atoms with van der Waals surface area (Å²) >= 11 is 0. The average Bonchev–Trinajstić information content (AvgIpc) is 1.92. The van der Waals surface area contributed by atoms with Crippen LogP contribution in [0.15, 0.2) is 23.1 Å². The Morgan fingerprint density at radius 3 is 2.31 bits per heavy atom. The minimum Gasteiger partial charge on any atom is -0.870 e. The van der Waals surface area contributed by atoms with Gasteiger partial charge >= 0.3 is 51.4 Å². The van der Waals surface area contributed by atoms with Crippen LogP contribution in [0, 0.1) is 0 Å². The van der Waals surface area contributed by atoms with Crippen LogP contribution in [0.4, 0.5) is 5.69 Å². The van der Waals surface area contributed by atoms with E-state index >= 15 is 0 Å². The van der Waals surface area contributed by atoms with E-state index in [1.165, 1.54) is 12.1 Å². The maximum atomic E-state index is 11.0. The second-order valence-electron chi connectivity index (χ2n) is 2.15. The zero-order valence-corrected chi connectivity index (χ0v) is 10.8. The van der Waals surface area contributed by atoms with Gasteiger partial charge in [0.25, 0.3) is 10.1 Å². The third kappa shape index (κ3) is 3.20. The van der Waals surface area contributed by atoms with Crippen LogP contribution >= 0.6 is 0 Å². The Balaban J connectivity index is 0.00000144. The Morgan fingerprint density at radius 1 is 1.38 bits per heavy atom. The summed E-state index contributed by atoms with van der Waals surface area (Å²) in [7, 11) is -4.45. The molecule has 0 amide bonds. The Kier molecular flexibility index (Phi) is 4.87. The fourth-order valence-electron chi connectivity index (χ4n) is 0.736. The molecule has 0 heterocycles. The normalized spacial score (nSPS) is 10.5. The fourth-order valence-corrected chi connectivity index (χ4v) is 1.34. The molecule has 0 aliphatic carbocycles. The van der Waals surface area contributed by atoms with Crippen molar-refractivity contribution in [2.24, 2.45) is 0 Å². The molecule has 1 aromatic carbocycles. The van der Waals surface area contributed by atoms with Gasteiger partial charge in [-0.25, -0.2) is 0 Å². The van der Waals surface area contributed by atoms with E-state index in [1.54, 1.807) is 0 Å². The molecule has 13 heavy (non-hydrogen) atoms. The predicted molar refractivity (Wildman–Crippen MR) is 40.1 cm³/mol. The summed E-state index contributed by atoms with van der Waals surface area (Å²) in [5.41, 5.74) is 4.93. The summed E-state index contributed by atoms with van der Waals surface area (Å²) < 4.78 is 29.5. The van der Waals surface area contributed by atoms with Crippen LogP contribution in [0.25, 0.3) is 0 Å². The molecular formula is C6H6KNO4S. The standard InChI is InChI=1S/C6H7NO4S.K/c7-4-2-1-3-5(6(4)8)12(9,10)11;/h1-3,8H,7H2,(H,9,10,11);/q;+1/p-1. The molecule has 0 atom stereocenters. The Hall–Kier alpha value is 0.366. The van der Waals surface area contributed by atoms with Gasteiger partial charge in [-0.05, 0) is 12.1 Å². The van der Waals surface area contributed by atoms with E-state index in [4.69, 9.17) is 10.3 Å². The smallest absolute Gasteiger partial charge is 0.870 e. The van der Waals surface area contributed by atoms with Crippen molar-refractivity contribution in [3.8, 4) is 5.75 Å². The summed E-state index contributed by atoms with van der Waals surface area (Å²) in [6.45, 7) is 0. The van der Waals surface area contributed by atoms with E-state index in [9.17, 15) is 13.5 Å². The van der Waals surface area contributed by atoms with Crippen molar-refractivity contribution in [1.29, 1.82) is 0 Å². The van der Waals surface area contributed by atoms with Gasteiger partial charge in [0.15, 0.2) is 0 Å². The summed E-state index contributed by atoms with van der Waals surface area (Å²) in [6, 6.07) is 3.53. The molecule has 1 aromatic rings. The number of benzene rings is 1. The van der Waals surface area contributed by atoms with E-state index in [2.05, 4.69) is 0 Å². The molecule has 0 aromatic heterocycles. The number of anilines is 1. The molecule has 1 rings (SSSR count). The van der Waals surface area contributed by atoms with Gasteiger partial charge in [-0.2, -0.15) is 8.42 Å². The molecule has 0 aliphatic rings. The first kappa shape index (κ1) is 13.4. The predicted octanol–water partition coefficient (Wildman–Crippen LogP) is -3.41. The average molecular weight is 227 g/mol. The van der Waals surface area contributed by atoms with Gasteiger partial charge < -0.3 is 10.8 Å². The number of rotatable bonds is 1. The maximum Gasteiger partial charge on any atom is 1.00 e. The van der Waals surface area contributed by atoms with E-state index in [0.29, 0.717) is 0 Å². The van der Waals surface area contributed by atoms with Gasteiger partial charge in [0.05, 0.1) is 4.90 Å². The topological polar surface area (TPSA) is 103 Å². The van der Waals surface area contributed by atoms with Gasteiger partial charge in [0.2, 0.25) is 0 Å². The van der Waals surface area contributed by atoms with Crippen molar-refractivity contribution in [3.63, 3.8) is 0 Å². The molecule has 0 aliphatic heterocycles. The molecule has 0 spiro atoms. The van der Waals surface area contributed by atoms with Crippen LogP contribution in [-0.4, -0.2) is 13.0 Å². The molecule has 0 fully saturated rings. The molecule has 5 nitrogen and oxygen atoms in total. The number of para-hydroxylation sites is 1. The number of hydrogen-bond acceptors (Lipinski definition) is 4. The zero-order chi connectivity index (χ0) is 9.35. The molecule has 0 saturated heterocycles. The number of nitrogen functional groups attached to an aromatic ring is 1. The summed E-state index contributed by atoms with van der Waals surface area (Å²) in [5.74, 6) is -0.875. The third-order valence-corrected chi connectivity index (χ3v) is 2.16. The van der Waals surface area contributed by atoms with Crippen LogP contribution in [0.2, 0.25) is 0 Å². The first-order valence-electron chi connectivity index (χ1n) is 2.96. The van der Waals surface area contributed by atoms with Gasteiger partial charge in [-0.15, -0.1) is 0 Å². The van der Waals surface area contributed by atoms with Gasteiger partial charge in [-0.1, -0.05) is 11.8 Å². The molecule has 7 heteroatoms. The maximum absolute atomic E-state index is 11.0. The van der Waals surface area contributed by atoms with Crippen LogP contribution in [-0.2, 0) is 10.1 Å². The van der Waals surface area contributed by atoms with Gasteiger partial charge in [0, 0.05) is 5.69 Å². The number of hydrogen-bond donors (Lipinski definition) is 2. The monoisotopic (exact) mass is 227 g/mol. The molecular weight excluding hydrogens is 221 g/mol. The van der Waals surface area contributed by atoms with E-state index in [1.807, 2.05) is 0 Å². The van der Waals surface area contributed by atoms with Crippen molar-refractivity contribution >= 4 is 15.8 Å². The Bertz CT molecular complexity index is 403. The van der Waals surface area contributed by atoms with Crippen molar-refractivity contribution in [2.45, 2.75) is 4.90 Å². The van der Waals surface area contributed by atoms with Gasteiger partial charge in [0.1, 0.15) is 0 Å². The van der Waals surface area contributed by atoms with Crippen molar-refractivity contribution in [3.05, 3.63) is 18.2 Å². The quantitative estimate of drug-likeness (QED) is 0.295. The van der Waals surface area contributed by atoms with Crippen LogP contribution in [0.3, 0.4) is 0 Å². The summed E-state index contributed by atoms with van der Waals surface area (Å²) in [5, 5.41) is 11.0. The molecule has 66 valence electrons. The molecule has 3 N–H and O–H groups in total. The van der Waals surface area contributed by atoms with E-state index < -0.39 is 20.8 Å². The summed E-state index contributed by atoms with van der Waals surface area (Å²) in [4.78, 5) is -0.692. The number of nitrogens with two attached hydrogens (primary N) is 1. The Morgan fingerprint density at radius 2 is 1.92 bits per heavy atom. The SMILES string of the molecule is Nc1cccc(S(=O)(=O)O)c1[O-].[K+]. The molecule has 0 unspecified atom stereocenters. The van der Waals surface area contributed by atoms with E-state index in [0.717, 1.165) is 6.07 Å². The minimum atomic E-state index is -4.45. The second-order valence-corrected chi connectivity index (χ2v) is 3.54. The first-order valence-corrected chi connectivity index (χ1v) is 4.40. The van der Waals surface area contributed by atoms with Crippen LogP contribution in [0.5, 0.6) is 5.75 Å². The van der Waals surface area contributed by atoms with Gasteiger partial charge in [-0.3, -0.25) is 4.55 Å². The fraction of sp³-hybridized carbons (Fsp3) is 0. The Labute approximate surface area is 118 Å². The van der Waals surface area contributed by atoms with Crippen molar-refractivity contribution in [2.75, 3.05) is 5.73 Å². The largest absolute Gasteiger partial charge is 1.00 e. The zero-order valence-electron chi connectivity index (χ0n) is 6.89. The molecule has 0 radical (unpaired) electrons. The molecule has 0 saturated carbocycles. The van der Waals surface area contributed by atoms with Crippen LogP contribution < -0.4 is 62.2 Å². The molecule has 0 bridgehead atoms. The third-order valence-electron chi connectivity index (χ3n) is 1.29. The minimum absolute atomic E-state index is 0.